The van der Waals surface area contributed by atoms with Crippen LogP contribution in [0.2, 0.25) is 0 Å². The SMILES string of the molecule is CCCCN(c1ccc(C(=O)c2ccccc2C(=O)O)c(O)c1)C1CCCCC1. The molecule has 5 nitrogen and oxygen atoms in total. The molecule has 0 aromatic heterocycles. The number of benzene rings is 2. The van der Waals surface area contributed by atoms with Gasteiger partial charge in [0, 0.05) is 29.9 Å². The maximum Gasteiger partial charge on any atom is 0.336 e. The van der Waals surface area contributed by atoms with Gasteiger partial charge in [-0.3, -0.25) is 4.79 Å². The molecular formula is C24H29NO4. The smallest absolute Gasteiger partial charge is 0.336 e. The number of phenols is 1. The number of rotatable bonds is 8. The Morgan fingerprint density at radius 1 is 1.00 bits per heavy atom. The summed E-state index contributed by atoms with van der Waals surface area (Å²) >= 11 is 0. The molecule has 0 unspecified atom stereocenters. The van der Waals surface area contributed by atoms with Crippen LogP contribution in [0.1, 0.15) is 78.1 Å². The van der Waals surface area contributed by atoms with Crippen molar-refractivity contribution in [1.82, 2.24) is 0 Å². The minimum atomic E-state index is -1.16. The number of carboxylic acid groups (broad SMARTS) is 1. The van der Waals surface area contributed by atoms with E-state index < -0.39 is 11.8 Å². The molecule has 29 heavy (non-hydrogen) atoms. The van der Waals surface area contributed by atoms with E-state index in [2.05, 4.69) is 11.8 Å². The predicted molar refractivity (Wildman–Crippen MR) is 114 cm³/mol. The molecule has 0 atom stereocenters. The quantitative estimate of drug-likeness (QED) is 0.596. The monoisotopic (exact) mass is 395 g/mol. The van der Waals surface area contributed by atoms with Gasteiger partial charge >= 0.3 is 5.97 Å². The lowest BCUT2D eigenvalue weighted by Gasteiger charge is -2.36. The predicted octanol–water partition coefficient (Wildman–Crippen LogP) is 5.26. The van der Waals surface area contributed by atoms with Crippen molar-refractivity contribution in [3.8, 4) is 5.75 Å². The van der Waals surface area contributed by atoms with E-state index in [-0.39, 0.29) is 22.4 Å². The van der Waals surface area contributed by atoms with Gasteiger partial charge in [0.05, 0.1) is 11.1 Å². The Morgan fingerprint density at radius 3 is 2.31 bits per heavy atom. The Bertz CT molecular complexity index is 871. The highest BCUT2D eigenvalue weighted by atomic mass is 16.4. The highest BCUT2D eigenvalue weighted by Gasteiger charge is 2.24. The molecule has 2 aromatic carbocycles. The zero-order valence-electron chi connectivity index (χ0n) is 16.9. The summed E-state index contributed by atoms with van der Waals surface area (Å²) in [7, 11) is 0. The molecule has 0 radical (unpaired) electrons. The molecule has 3 rings (SSSR count). The third-order valence-electron chi connectivity index (χ3n) is 5.73. The van der Waals surface area contributed by atoms with Crippen molar-refractivity contribution in [3.05, 3.63) is 59.2 Å². The number of hydrogen-bond donors (Lipinski definition) is 2. The number of carbonyl (C=O) groups is 2. The summed E-state index contributed by atoms with van der Waals surface area (Å²) in [6.45, 7) is 3.09. The van der Waals surface area contributed by atoms with Crippen LogP contribution < -0.4 is 4.90 Å². The van der Waals surface area contributed by atoms with E-state index in [0.29, 0.717) is 6.04 Å². The van der Waals surface area contributed by atoms with Gasteiger partial charge < -0.3 is 15.1 Å². The van der Waals surface area contributed by atoms with Crippen LogP contribution in [0.5, 0.6) is 5.75 Å². The van der Waals surface area contributed by atoms with E-state index >= 15 is 0 Å². The molecule has 1 aliphatic rings. The molecular weight excluding hydrogens is 366 g/mol. The third-order valence-corrected chi connectivity index (χ3v) is 5.73. The fraction of sp³-hybridized carbons (Fsp3) is 0.417. The topological polar surface area (TPSA) is 77.8 Å². The average molecular weight is 395 g/mol. The Balaban J connectivity index is 1.90. The largest absolute Gasteiger partial charge is 0.507 e. The van der Waals surface area contributed by atoms with Crippen LogP contribution in [0.3, 0.4) is 0 Å². The van der Waals surface area contributed by atoms with E-state index in [1.165, 1.54) is 31.4 Å². The first-order chi connectivity index (χ1) is 14.0. The number of unbranched alkanes of at least 4 members (excludes halogenated alkanes) is 1. The van der Waals surface area contributed by atoms with E-state index in [1.807, 2.05) is 6.07 Å². The third kappa shape index (κ3) is 4.78. The Kier molecular flexibility index (Phi) is 6.91. The van der Waals surface area contributed by atoms with Gasteiger partial charge in [0.2, 0.25) is 0 Å². The highest BCUT2D eigenvalue weighted by molar-refractivity contribution is 6.15. The van der Waals surface area contributed by atoms with E-state index in [4.69, 9.17) is 0 Å². The number of phenolic OH excluding ortho intramolecular Hbond substituents is 1. The summed E-state index contributed by atoms with van der Waals surface area (Å²) in [5.74, 6) is -1.75. The first kappa shape index (κ1) is 20.9. The summed E-state index contributed by atoms with van der Waals surface area (Å²) in [6, 6.07) is 11.7. The van der Waals surface area contributed by atoms with Gasteiger partial charge in [-0.25, -0.2) is 4.79 Å². The fourth-order valence-electron chi connectivity index (χ4n) is 4.15. The minimum Gasteiger partial charge on any atom is -0.507 e. The molecule has 0 aliphatic heterocycles. The van der Waals surface area contributed by atoms with Crippen LogP contribution in [0, 0.1) is 0 Å². The van der Waals surface area contributed by atoms with Crippen molar-refractivity contribution in [3.63, 3.8) is 0 Å². The maximum atomic E-state index is 12.9. The Hall–Kier alpha value is -2.82. The van der Waals surface area contributed by atoms with Crippen molar-refractivity contribution in [2.75, 3.05) is 11.4 Å². The van der Waals surface area contributed by atoms with Gasteiger partial charge in [-0.05, 0) is 37.5 Å². The number of nitrogens with zero attached hydrogens (tertiary/aromatic N) is 1. The normalized spacial score (nSPS) is 14.5. The lowest BCUT2D eigenvalue weighted by molar-refractivity contribution is 0.0692. The van der Waals surface area contributed by atoms with Crippen molar-refractivity contribution in [2.24, 2.45) is 0 Å². The van der Waals surface area contributed by atoms with E-state index in [1.54, 1.807) is 24.3 Å². The van der Waals surface area contributed by atoms with Crippen molar-refractivity contribution < 1.29 is 19.8 Å². The van der Waals surface area contributed by atoms with Crippen LogP contribution >= 0.6 is 0 Å². The molecule has 0 heterocycles. The number of anilines is 1. The zero-order chi connectivity index (χ0) is 20.8. The second-order valence-electron chi connectivity index (χ2n) is 7.72. The lowest BCUT2D eigenvalue weighted by Crippen LogP contribution is -2.37. The number of carbonyl (C=O) groups excluding carboxylic acids is 1. The Labute approximate surface area is 172 Å². The molecule has 1 saturated carbocycles. The molecule has 1 aliphatic carbocycles. The molecule has 0 saturated heterocycles. The fourth-order valence-corrected chi connectivity index (χ4v) is 4.15. The van der Waals surface area contributed by atoms with Gasteiger partial charge in [0.15, 0.2) is 5.78 Å². The number of aromatic carboxylic acids is 1. The van der Waals surface area contributed by atoms with Crippen molar-refractivity contribution >= 4 is 17.4 Å². The maximum absolute atomic E-state index is 12.9. The molecule has 2 N–H and O–H groups in total. The number of aromatic hydroxyl groups is 1. The standard InChI is InChI=1S/C24H29NO4/c1-2-3-15-25(17-9-5-4-6-10-17)18-13-14-21(22(26)16-18)23(27)19-11-7-8-12-20(19)24(28)29/h7-8,11-14,16-17,26H,2-6,9-10,15H2,1H3,(H,28,29). The molecule has 1 fully saturated rings. The lowest BCUT2D eigenvalue weighted by atomic mass is 9.93. The van der Waals surface area contributed by atoms with Crippen molar-refractivity contribution in [1.29, 1.82) is 0 Å². The molecule has 0 bridgehead atoms. The van der Waals surface area contributed by atoms with Crippen molar-refractivity contribution in [2.45, 2.75) is 57.9 Å². The Morgan fingerprint density at radius 2 is 1.69 bits per heavy atom. The van der Waals surface area contributed by atoms with Crippen LogP contribution in [0.15, 0.2) is 42.5 Å². The van der Waals surface area contributed by atoms with Crippen LogP contribution in [0.25, 0.3) is 0 Å². The van der Waals surface area contributed by atoms with Gasteiger partial charge in [-0.2, -0.15) is 0 Å². The van der Waals surface area contributed by atoms with Gasteiger partial charge in [0.25, 0.3) is 0 Å². The van der Waals surface area contributed by atoms with Crippen LogP contribution in [-0.4, -0.2) is 34.6 Å². The molecule has 5 heteroatoms. The van der Waals surface area contributed by atoms with Gasteiger partial charge in [0.1, 0.15) is 5.75 Å². The van der Waals surface area contributed by atoms with Gasteiger partial charge in [-0.15, -0.1) is 0 Å². The second kappa shape index (κ2) is 9.59. The summed E-state index contributed by atoms with van der Waals surface area (Å²) in [4.78, 5) is 26.7. The first-order valence-corrected chi connectivity index (χ1v) is 10.5. The summed E-state index contributed by atoms with van der Waals surface area (Å²) in [5, 5.41) is 20.0. The zero-order valence-corrected chi connectivity index (χ0v) is 16.9. The molecule has 0 spiro atoms. The summed E-state index contributed by atoms with van der Waals surface area (Å²) in [5.41, 5.74) is 1.07. The first-order valence-electron chi connectivity index (χ1n) is 10.5. The number of hydrogen-bond acceptors (Lipinski definition) is 4. The van der Waals surface area contributed by atoms with Gasteiger partial charge in [-0.1, -0.05) is 50.8 Å². The van der Waals surface area contributed by atoms with Crippen LogP contribution in [0.4, 0.5) is 5.69 Å². The summed E-state index contributed by atoms with van der Waals surface area (Å²) < 4.78 is 0. The highest BCUT2D eigenvalue weighted by Crippen LogP contribution is 2.32. The van der Waals surface area contributed by atoms with E-state index in [9.17, 15) is 19.8 Å². The molecule has 2 aromatic rings. The second-order valence-corrected chi connectivity index (χ2v) is 7.72. The number of ketones is 1. The van der Waals surface area contributed by atoms with Crippen LogP contribution in [-0.2, 0) is 0 Å². The molecule has 154 valence electrons. The number of carboxylic acids is 1. The van der Waals surface area contributed by atoms with E-state index in [0.717, 1.165) is 37.9 Å². The summed E-state index contributed by atoms with van der Waals surface area (Å²) in [6.07, 6.45) is 8.19. The minimum absolute atomic E-state index is 0.0623. The average Bonchev–Trinajstić information content (AvgIpc) is 2.74. The molecule has 0 amide bonds.